The van der Waals surface area contributed by atoms with Crippen molar-refractivity contribution in [3.63, 3.8) is 0 Å². The first kappa shape index (κ1) is 15.3. The molecule has 2 aromatic rings. The van der Waals surface area contributed by atoms with Gasteiger partial charge in [-0.2, -0.15) is 0 Å². The minimum Gasteiger partial charge on any atom is -0.468 e. The standard InChI is InChI=1S/C15H18N2O3S/c1-10-7-13(15(19)16-8-14(18)20-3)11(2)17(10)9-12-5-4-6-21-12/h4-7H,8-9H2,1-3H3,(H,16,19). The van der Waals surface area contributed by atoms with E-state index >= 15 is 0 Å². The van der Waals surface area contributed by atoms with Crippen LogP contribution in [0, 0.1) is 13.8 Å². The molecule has 2 rings (SSSR count). The number of hydrogen-bond donors (Lipinski definition) is 1. The van der Waals surface area contributed by atoms with Crippen molar-refractivity contribution in [2.45, 2.75) is 20.4 Å². The maximum atomic E-state index is 12.1. The second-order valence-electron chi connectivity index (χ2n) is 4.71. The van der Waals surface area contributed by atoms with Crippen molar-refractivity contribution in [3.8, 4) is 0 Å². The van der Waals surface area contributed by atoms with Gasteiger partial charge in [-0.05, 0) is 31.4 Å². The minimum absolute atomic E-state index is 0.121. The molecule has 0 aliphatic rings. The first-order valence-electron chi connectivity index (χ1n) is 6.57. The van der Waals surface area contributed by atoms with Crippen LogP contribution in [0.4, 0.5) is 0 Å². The van der Waals surface area contributed by atoms with E-state index in [4.69, 9.17) is 0 Å². The number of aryl methyl sites for hydroxylation is 1. The number of ether oxygens (including phenoxy) is 1. The van der Waals surface area contributed by atoms with Crippen LogP contribution in [0.2, 0.25) is 0 Å². The molecule has 0 spiro atoms. The molecule has 0 saturated heterocycles. The average molecular weight is 306 g/mol. The number of hydrogen-bond acceptors (Lipinski definition) is 4. The molecule has 1 amide bonds. The number of carbonyl (C=O) groups is 2. The van der Waals surface area contributed by atoms with Gasteiger partial charge >= 0.3 is 5.97 Å². The van der Waals surface area contributed by atoms with E-state index in [1.807, 2.05) is 31.4 Å². The van der Waals surface area contributed by atoms with Crippen molar-refractivity contribution in [3.05, 3.63) is 45.4 Å². The summed E-state index contributed by atoms with van der Waals surface area (Å²) < 4.78 is 6.60. The summed E-state index contributed by atoms with van der Waals surface area (Å²) in [6, 6.07) is 5.92. The highest BCUT2D eigenvalue weighted by Crippen LogP contribution is 2.19. The molecule has 2 aromatic heterocycles. The summed E-state index contributed by atoms with van der Waals surface area (Å²) in [6.45, 7) is 4.51. The monoisotopic (exact) mass is 306 g/mol. The highest BCUT2D eigenvalue weighted by atomic mass is 32.1. The maximum Gasteiger partial charge on any atom is 0.325 e. The molecular weight excluding hydrogens is 288 g/mol. The number of rotatable bonds is 5. The Bertz CT molecular complexity index is 644. The number of esters is 1. The molecule has 0 aliphatic carbocycles. The largest absolute Gasteiger partial charge is 0.468 e. The molecule has 0 bridgehead atoms. The lowest BCUT2D eigenvalue weighted by Gasteiger charge is -2.08. The normalized spacial score (nSPS) is 10.4. The van der Waals surface area contributed by atoms with Crippen LogP contribution in [-0.2, 0) is 16.1 Å². The zero-order valence-corrected chi connectivity index (χ0v) is 13.1. The van der Waals surface area contributed by atoms with Gasteiger partial charge in [-0.25, -0.2) is 0 Å². The fourth-order valence-electron chi connectivity index (χ4n) is 2.15. The lowest BCUT2D eigenvalue weighted by Crippen LogP contribution is -2.30. The zero-order chi connectivity index (χ0) is 15.4. The van der Waals surface area contributed by atoms with Crippen molar-refractivity contribution in [2.24, 2.45) is 0 Å². The molecule has 2 heterocycles. The summed E-state index contributed by atoms with van der Waals surface area (Å²) in [5, 5.41) is 4.60. The van der Waals surface area contributed by atoms with Gasteiger partial charge < -0.3 is 14.6 Å². The van der Waals surface area contributed by atoms with Crippen LogP contribution in [0.15, 0.2) is 23.6 Å². The van der Waals surface area contributed by atoms with E-state index in [9.17, 15) is 9.59 Å². The highest BCUT2D eigenvalue weighted by Gasteiger charge is 2.16. The smallest absolute Gasteiger partial charge is 0.325 e. The highest BCUT2D eigenvalue weighted by molar-refractivity contribution is 7.09. The predicted octanol–water partition coefficient (Wildman–Crippen LogP) is 2.12. The van der Waals surface area contributed by atoms with E-state index in [0.717, 1.165) is 17.9 Å². The van der Waals surface area contributed by atoms with Gasteiger partial charge in [0.05, 0.1) is 19.2 Å². The Labute approximate surface area is 127 Å². The predicted molar refractivity (Wildman–Crippen MR) is 81.7 cm³/mol. The van der Waals surface area contributed by atoms with Crippen LogP contribution >= 0.6 is 11.3 Å². The molecule has 21 heavy (non-hydrogen) atoms. The first-order valence-corrected chi connectivity index (χ1v) is 7.45. The van der Waals surface area contributed by atoms with Gasteiger partial charge in [0.15, 0.2) is 0 Å². The molecule has 0 aromatic carbocycles. The Hall–Kier alpha value is -2.08. The first-order chi connectivity index (χ1) is 10.0. The van der Waals surface area contributed by atoms with Gasteiger partial charge in [-0.15, -0.1) is 11.3 Å². The quantitative estimate of drug-likeness (QED) is 0.861. The molecule has 0 fully saturated rings. The van der Waals surface area contributed by atoms with E-state index in [0.29, 0.717) is 5.56 Å². The van der Waals surface area contributed by atoms with E-state index in [2.05, 4.69) is 20.7 Å². The summed E-state index contributed by atoms with van der Waals surface area (Å²) in [6.07, 6.45) is 0. The van der Waals surface area contributed by atoms with Crippen LogP contribution in [0.25, 0.3) is 0 Å². The topological polar surface area (TPSA) is 60.3 Å². The third-order valence-electron chi connectivity index (χ3n) is 3.33. The molecule has 0 radical (unpaired) electrons. The number of amides is 1. The number of nitrogens with one attached hydrogen (secondary N) is 1. The van der Waals surface area contributed by atoms with Gasteiger partial charge in [-0.3, -0.25) is 9.59 Å². The molecule has 0 unspecified atom stereocenters. The zero-order valence-electron chi connectivity index (χ0n) is 12.3. The van der Waals surface area contributed by atoms with Gasteiger partial charge in [0, 0.05) is 16.3 Å². The fourth-order valence-corrected chi connectivity index (χ4v) is 2.85. The van der Waals surface area contributed by atoms with Crippen LogP contribution in [-0.4, -0.2) is 30.1 Å². The maximum absolute atomic E-state index is 12.1. The summed E-state index contributed by atoms with van der Waals surface area (Å²) in [5.74, 6) is -0.721. The lowest BCUT2D eigenvalue weighted by atomic mass is 10.2. The van der Waals surface area contributed by atoms with Gasteiger partial charge in [0.25, 0.3) is 5.91 Å². The molecule has 112 valence electrons. The van der Waals surface area contributed by atoms with Crippen molar-refractivity contribution < 1.29 is 14.3 Å². The Morgan fingerprint density at radius 3 is 2.76 bits per heavy atom. The third kappa shape index (κ3) is 3.52. The second kappa shape index (κ2) is 6.58. The van der Waals surface area contributed by atoms with E-state index in [1.165, 1.54) is 12.0 Å². The van der Waals surface area contributed by atoms with Crippen molar-refractivity contribution >= 4 is 23.2 Å². The molecular formula is C15H18N2O3S. The molecule has 1 N–H and O–H groups in total. The number of methoxy groups -OCH3 is 1. The van der Waals surface area contributed by atoms with Crippen LogP contribution < -0.4 is 5.32 Å². The van der Waals surface area contributed by atoms with Gasteiger partial charge in [0.2, 0.25) is 0 Å². The second-order valence-corrected chi connectivity index (χ2v) is 5.74. The molecule has 0 atom stereocenters. The Morgan fingerprint density at radius 1 is 1.38 bits per heavy atom. The van der Waals surface area contributed by atoms with Crippen molar-refractivity contribution in [1.29, 1.82) is 0 Å². The summed E-state index contributed by atoms with van der Waals surface area (Å²) >= 11 is 1.69. The van der Waals surface area contributed by atoms with Crippen molar-refractivity contribution in [1.82, 2.24) is 9.88 Å². The number of aromatic nitrogens is 1. The Balaban J connectivity index is 2.14. The van der Waals surface area contributed by atoms with E-state index in [1.54, 1.807) is 11.3 Å². The van der Waals surface area contributed by atoms with Gasteiger partial charge in [0.1, 0.15) is 6.54 Å². The summed E-state index contributed by atoms with van der Waals surface area (Å²) in [4.78, 5) is 24.4. The SMILES string of the molecule is COC(=O)CNC(=O)c1cc(C)n(Cc2cccs2)c1C. The lowest BCUT2D eigenvalue weighted by molar-refractivity contribution is -0.139. The summed E-state index contributed by atoms with van der Waals surface area (Å²) in [5.41, 5.74) is 2.50. The fraction of sp³-hybridized carbons (Fsp3) is 0.333. The van der Waals surface area contributed by atoms with Crippen LogP contribution in [0.3, 0.4) is 0 Å². The third-order valence-corrected chi connectivity index (χ3v) is 4.19. The molecule has 0 aliphatic heterocycles. The van der Waals surface area contributed by atoms with E-state index < -0.39 is 5.97 Å². The Morgan fingerprint density at radius 2 is 2.14 bits per heavy atom. The molecule has 0 saturated carbocycles. The average Bonchev–Trinajstić information content (AvgIpc) is 3.08. The number of carbonyl (C=O) groups excluding carboxylic acids is 2. The van der Waals surface area contributed by atoms with Crippen LogP contribution in [0.1, 0.15) is 26.6 Å². The number of nitrogens with zero attached hydrogens (tertiary/aromatic N) is 1. The van der Waals surface area contributed by atoms with Crippen molar-refractivity contribution in [2.75, 3.05) is 13.7 Å². The minimum atomic E-state index is -0.462. The summed E-state index contributed by atoms with van der Waals surface area (Å²) in [7, 11) is 1.29. The Kier molecular flexibility index (Phi) is 4.80. The van der Waals surface area contributed by atoms with E-state index in [-0.39, 0.29) is 12.5 Å². The molecule has 5 nitrogen and oxygen atoms in total. The molecule has 6 heteroatoms. The van der Waals surface area contributed by atoms with Gasteiger partial charge in [-0.1, -0.05) is 6.07 Å². The number of thiophene rings is 1. The van der Waals surface area contributed by atoms with Crippen LogP contribution in [0.5, 0.6) is 0 Å².